The van der Waals surface area contributed by atoms with Gasteiger partial charge in [0.1, 0.15) is 0 Å². The van der Waals surface area contributed by atoms with Crippen molar-refractivity contribution in [3.63, 3.8) is 0 Å². The minimum Gasteiger partial charge on any atom is -0.549 e. The molecule has 6 heteroatoms. The zero-order chi connectivity index (χ0) is 17.9. The van der Waals surface area contributed by atoms with Gasteiger partial charge < -0.3 is 19.4 Å². The molecule has 5 nitrogen and oxygen atoms in total. The van der Waals surface area contributed by atoms with E-state index in [9.17, 15) is 9.90 Å². The number of aromatic nitrogens is 1. The molecule has 2 aromatic rings. The first-order valence-corrected chi connectivity index (χ1v) is 8.39. The summed E-state index contributed by atoms with van der Waals surface area (Å²) in [5, 5.41) is 12.0. The van der Waals surface area contributed by atoms with E-state index in [1.165, 1.54) is 0 Å². The van der Waals surface area contributed by atoms with Gasteiger partial charge in [0.25, 0.3) is 0 Å². The van der Waals surface area contributed by atoms with Gasteiger partial charge >= 0.3 is 29.6 Å². The molecule has 0 saturated heterocycles. The number of nitrogens with zero attached hydrogens (tertiary/aromatic N) is 1. The molecule has 1 aliphatic rings. The van der Waals surface area contributed by atoms with Gasteiger partial charge in [0.05, 0.1) is 18.7 Å². The average molecular weight is 363 g/mol. The van der Waals surface area contributed by atoms with Crippen LogP contribution in [-0.2, 0) is 20.5 Å². The topological polar surface area (TPSA) is 71.5 Å². The number of benzene rings is 1. The standard InChI is InChI=1S/C20H23NO4.Na/c1-24-17-9-8-16(14-21-17)20(25-2)12-10-19(11-13-20,18(22)23)15-6-4-3-5-7-15;/h3-9,14H,10-13H2,1-2H3,(H,22,23);/q;+1/p-1. The van der Waals surface area contributed by atoms with Gasteiger partial charge in [-0.1, -0.05) is 30.3 Å². The second-order valence-electron chi connectivity index (χ2n) is 6.52. The van der Waals surface area contributed by atoms with Crippen molar-refractivity contribution in [1.82, 2.24) is 4.98 Å². The van der Waals surface area contributed by atoms with Gasteiger partial charge in [-0.05, 0) is 37.3 Å². The van der Waals surface area contributed by atoms with E-state index in [1.807, 2.05) is 36.4 Å². The zero-order valence-corrected chi connectivity index (χ0v) is 17.5. The van der Waals surface area contributed by atoms with Gasteiger partial charge in [0, 0.05) is 30.4 Å². The molecule has 1 fully saturated rings. The molecular weight excluding hydrogens is 341 g/mol. The maximum absolute atomic E-state index is 12.0. The van der Waals surface area contributed by atoms with Crippen molar-refractivity contribution in [2.75, 3.05) is 14.2 Å². The molecule has 3 rings (SSSR count). The first-order chi connectivity index (χ1) is 12.1. The molecule has 0 N–H and O–H groups in total. The molecular formula is C20H22NNaO4. The molecule has 1 saturated carbocycles. The summed E-state index contributed by atoms with van der Waals surface area (Å²) in [6.07, 6.45) is 3.83. The van der Waals surface area contributed by atoms with Crippen LogP contribution in [0.25, 0.3) is 0 Å². The van der Waals surface area contributed by atoms with Crippen LogP contribution in [0.4, 0.5) is 0 Å². The molecule has 1 aromatic carbocycles. The van der Waals surface area contributed by atoms with Crippen LogP contribution < -0.4 is 39.4 Å². The summed E-state index contributed by atoms with van der Waals surface area (Å²) >= 11 is 0. The number of aliphatic carboxylic acids is 1. The van der Waals surface area contributed by atoms with E-state index in [4.69, 9.17) is 9.47 Å². The molecule has 0 bridgehead atoms. The van der Waals surface area contributed by atoms with E-state index in [0.29, 0.717) is 31.6 Å². The third-order valence-corrected chi connectivity index (χ3v) is 5.49. The van der Waals surface area contributed by atoms with Crippen LogP contribution in [0, 0.1) is 0 Å². The van der Waals surface area contributed by atoms with Crippen molar-refractivity contribution >= 4 is 5.97 Å². The summed E-state index contributed by atoms with van der Waals surface area (Å²) in [7, 11) is 3.24. The van der Waals surface area contributed by atoms with Crippen LogP contribution >= 0.6 is 0 Å². The van der Waals surface area contributed by atoms with Crippen molar-refractivity contribution in [3.8, 4) is 5.88 Å². The smallest absolute Gasteiger partial charge is 0.549 e. The summed E-state index contributed by atoms with van der Waals surface area (Å²) in [6, 6.07) is 13.1. The fourth-order valence-corrected chi connectivity index (χ4v) is 3.83. The number of pyridine rings is 1. The van der Waals surface area contributed by atoms with Crippen LogP contribution in [0.3, 0.4) is 0 Å². The number of carbonyl (C=O) groups is 1. The van der Waals surface area contributed by atoms with Crippen molar-refractivity contribution in [3.05, 3.63) is 59.8 Å². The first-order valence-electron chi connectivity index (χ1n) is 8.39. The second kappa shape index (κ2) is 8.53. The van der Waals surface area contributed by atoms with E-state index in [1.54, 1.807) is 26.5 Å². The minimum absolute atomic E-state index is 0. The van der Waals surface area contributed by atoms with Crippen LogP contribution in [0.1, 0.15) is 36.8 Å². The van der Waals surface area contributed by atoms with Crippen LogP contribution in [-0.4, -0.2) is 25.2 Å². The molecule has 0 atom stereocenters. The maximum atomic E-state index is 12.0. The Morgan fingerprint density at radius 1 is 1.00 bits per heavy atom. The average Bonchev–Trinajstić information content (AvgIpc) is 2.68. The van der Waals surface area contributed by atoms with Crippen LogP contribution in [0.2, 0.25) is 0 Å². The number of rotatable bonds is 5. The van der Waals surface area contributed by atoms with Crippen molar-refractivity contribution < 1.29 is 48.9 Å². The number of carboxylic acid groups (broad SMARTS) is 1. The predicted molar refractivity (Wildman–Crippen MR) is 91.1 cm³/mol. The number of ether oxygens (including phenoxy) is 2. The second-order valence-corrected chi connectivity index (χ2v) is 6.52. The molecule has 26 heavy (non-hydrogen) atoms. The monoisotopic (exact) mass is 363 g/mol. The summed E-state index contributed by atoms with van der Waals surface area (Å²) in [4.78, 5) is 16.3. The Morgan fingerprint density at radius 3 is 2.12 bits per heavy atom. The third kappa shape index (κ3) is 3.67. The number of hydrogen-bond donors (Lipinski definition) is 0. The molecule has 0 spiro atoms. The van der Waals surface area contributed by atoms with E-state index < -0.39 is 17.0 Å². The van der Waals surface area contributed by atoms with Gasteiger partial charge in [-0.2, -0.15) is 0 Å². The number of carbonyl (C=O) groups excluding carboxylic acids is 1. The Labute approximate surface area is 176 Å². The van der Waals surface area contributed by atoms with Crippen molar-refractivity contribution in [1.29, 1.82) is 0 Å². The van der Waals surface area contributed by atoms with E-state index in [0.717, 1.165) is 11.1 Å². The van der Waals surface area contributed by atoms with Gasteiger partial charge in [-0.3, -0.25) is 0 Å². The molecule has 0 aliphatic heterocycles. The van der Waals surface area contributed by atoms with Gasteiger partial charge in [0.15, 0.2) is 0 Å². The third-order valence-electron chi connectivity index (χ3n) is 5.49. The Morgan fingerprint density at radius 2 is 1.65 bits per heavy atom. The maximum Gasteiger partial charge on any atom is 1.00 e. The van der Waals surface area contributed by atoms with Gasteiger partial charge in [0.2, 0.25) is 5.88 Å². The van der Waals surface area contributed by atoms with Gasteiger partial charge in [-0.25, -0.2) is 4.98 Å². The fourth-order valence-electron chi connectivity index (χ4n) is 3.83. The number of hydrogen-bond acceptors (Lipinski definition) is 5. The normalized spacial score (nSPS) is 25.2. The van der Waals surface area contributed by atoms with E-state index in [2.05, 4.69) is 4.98 Å². The molecule has 1 heterocycles. The van der Waals surface area contributed by atoms with E-state index in [-0.39, 0.29) is 29.6 Å². The summed E-state index contributed by atoms with van der Waals surface area (Å²) in [5.41, 5.74) is 0.235. The largest absolute Gasteiger partial charge is 1.00 e. The SMILES string of the molecule is COc1ccc(C2(OC)CCC(C(=O)[O-])(c3ccccc3)CC2)cn1.[Na+]. The summed E-state index contributed by atoms with van der Waals surface area (Å²) in [5.74, 6) is -0.476. The summed E-state index contributed by atoms with van der Waals surface area (Å²) < 4.78 is 11.0. The number of carboxylic acids is 1. The summed E-state index contributed by atoms with van der Waals surface area (Å²) in [6.45, 7) is 0. The Bertz CT molecular complexity index is 725. The Kier molecular flexibility index (Phi) is 6.86. The predicted octanol–water partition coefficient (Wildman–Crippen LogP) is -0.802. The molecule has 0 unspecified atom stereocenters. The van der Waals surface area contributed by atoms with Crippen molar-refractivity contribution in [2.24, 2.45) is 0 Å². The zero-order valence-electron chi connectivity index (χ0n) is 15.5. The van der Waals surface area contributed by atoms with Gasteiger partial charge in [-0.15, -0.1) is 0 Å². The fraction of sp³-hybridized carbons (Fsp3) is 0.400. The molecule has 0 amide bonds. The molecule has 1 aromatic heterocycles. The first kappa shape index (κ1) is 20.9. The Balaban J connectivity index is 0.00000243. The molecule has 1 aliphatic carbocycles. The van der Waals surface area contributed by atoms with Crippen molar-refractivity contribution in [2.45, 2.75) is 36.7 Å². The minimum atomic E-state index is -1.02. The number of methoxy groups -OCH3 is 2. The molecule has 0 radical (unpaired) electrons. The van der Waals surface area contributed by atoms with E-state index >= 15 is 0 Å². The quantitative estimate of drug-likeness (QED) is 0.651. The molecule has 132 valence electrons. The van der Waals surface area contributed by atoms with Crippen LogP contribution in [0.15, 0.2) is 48.7 Å². The Hall–Kier alpha value is -1.40. The van der Waals surface area contributed by atoms with Crippen LogP contribution in [0.5, 0.6) is 5.88 Å².